The number of rotatable bonds is 3. The van der Waals surface area contributed by atoms with Crippen LogP contribution in [0.25, 0.3) is 0 Å². The SMILES string of the molecule is Cc1cc(CN2CCN(C)C3(CCN(C)CC3)C2)c(C)n1-n1cnnc1. The first-order valence-corrected chi connectivity index (χ1v) is 9.64. The Bertz CT molecular complexity index is 740. The lowest BCUT2D eigenvalue weighted by Crippen LogP contribution is -2.63. The van der Waals surface area contributed by atoms with Gasteiger partial charge in [0.1, 0.15) is 12.7 Å². The van der Waals surface area contributed by atoms with E-state index in [1.165, 1.54) is 49.4 Å². The maximum Gasteiger partial charge on any atom is 0.139 e. The van der Waals surface area contributed by atoms with Gasteiger partial charge in [-0.15, -0.1) is 10.2 Å². The fourth-order valence-electron chi connectivity index (χ4n) is 4.73. The Morgan fingerprint density at radius 1 is 1.00 bits per heavy atom. The Morgan fingerprint density at radius 2 is 1.69 bits per heavy atom. The van der Waals surface area contributed by atoms with Gasteiger partial charge in [0.05, 0.1) is 0 Å². The average molecular weight is 358 g/mol. The number of piperidine rings is 1. The lowest BCUT2D eigenvalue weighted by Gasteiger charge is -2.52. The highest BCUT2D eigenvalue weighted by Gasteiger charge is 2.41. The number of hydrogen-bond donors (Lipinski definition) is 0. The number of nitrogens with zero attached hydrogens (tertiary/aromatic N) is 7. The van der Waals surface area contributed by atoms with Crippen LogP contribution in [-0.4, -0.2) is 86.6 Å². The lowest BCUT2D eigenvalue weighted by molar-refractivity contribution is -0.0258. The van der Waals surface area contributed by atoms with E-state index in [4.69, 9.17) is 0 Å². The number of aromatic nitrogens is 4. The molecule has 2 fully saturated rings. The molecule has 2 aromatic heterocycles. The lowest BCUT2D eigenvalue weighted by atomic mass is 9.84. The van der Waals surface area contributed by atoms with Gasteiger partial charge in [-0.3, -0.25) is 14.5 Å². The molecule has 4 heterocycles. The Labute approximate surface area is 156 Å². The van der Waals surface area contributed by atoms with Crippen LogP contribution in [0.1, 0.15) is 29.8 Å². The van der Waals surface area contributed by atoms with Gasteiger partial charge < -0.3 is 4.90 Å². The third-order valence-corrected chi connectivity index (χ3v) is 6.53. The highest BCUT2D eigenvalue weighted by Crippen LogP contribution is 2.32. The van der Waals surface area contributed by atoms with Crippen LogP contribution in [0.4, 0.5) is 0 Å². The Morgan fingerprint density at radius 3 is 2.38 bits per heavy atom. The maximum absolute atomic E-state index is 3.95. The van der Waals surface area contributed by atoms with Crippen molar-refractivity contribution in [2.75, 3.05) is 46.8 Å². The molecule has 0 bridgehead atoms. The second kappa shape index (κ2) is 6.79. The van der Waals surface area contributed by atoms with Gasteiger partial charge in [-0.05, 0) is 65.5 Å². The van der Waals surface area contributed by atoms with Crippen molar-refractivity contribution in [1.82, 2.24) is 34.2 Å². The third kappa shape index (κ3) is 3.08. The largest absolute Gasteiger partial charge is 0.306 e. The first-order chi connectivity index (χ1) is 12.5. The van der Waals surface area contributed by atoms with Gasteiger partial charge in [0.2, 0.25) is 0 Å². The van der Waals surface area contributed by atoms with Gasteiger partial charge in [-0.2, -0.15) is 0 Å². The zero-order valence-corrected chi connectivity index (χ0v) is 16.5. The molecule has 0 aliphatic carbocycles. The number of likely N-dealkylation sites (N-methyl/N-ethyl adjacent to an activating group) is 1. The van der Waals surface area contributed by atoms with E-state index >= 15 is 0 Å². The summed E-state index contributed by atoms with van der Waals surface area (Å²) >= 11 is 0. The fourth-order valence-corrected chi connectivity index (χ4v) is 4.73. The second-order valence-electron chi connectivity index (χ2n) is 8.21. The molecule has 2 aromatic rings. The number of hydrogen-bond acceptors (Lipinski definition) is 5. The molecule has 2 aliphatic rings. The van der Waals surface area contributed by atoms with Crippen LogP contribution in [-0.2, 0) is 6.54 Å². The van der Waals surface area contributed by atoms with E-state index in [0.29, 0.717) is 5.54 Å². The topological polar surface area (TPSA) is 45.4 Å². The third-order valence-electron chi connectivity index (χ3n) is 6.53. The normalized spacial score (nSPS) is 22.3. The summed E-state index contributed by atoms with van der Waals surface area (Å²) in [5.41, 5.74) is 4.26. The van der Waals surface area contributed by atoms with Crippen molar-refractivity contribution in [3.05, 3.63) is 35.7 Å². The van der Waals surface area contributed by atoms with Gasteiger partial charge in [0, 0.05) is 43.1 Å². The van der Waals surface area contributed by atoms with E-state index in [0.717, 1.165) is 19.6 Å². The Hall–Kier alpha value is -1.70. The summed E-state index contributed by atoms with van der Waals surface area (Å²) in [6.07, 6.45) is 6.06. The molecule has 0 atom stereocenters. The van der Waals surface area contributed by atoms with E-state index < -0.39 is 0 Å². The molecule has 0 radical (unpaired) electrons. The van der Waals surface area contributed by atoms with Crippen molar-refractivity contribution in [2.24, 2.45) is 0 Å². The highest BCUT2D eigenvalue weighted by molar-refractivity contribution is 5.27. The molecule has 0 amide bonds. The van der Waals surface area contributed by atoms with Crippen molar-refractivity contribution < 1.29 is 0 Å². The van der Waals surface area contributed by atoms with Gasteiger partial charge in [0.25, 0.3) is 0 Å². The van der Waals surface area contributed by atoms with Gasteiger partial charge >= 0.3 is 0 Å². The van der Waals surface area contributed by atoms with Crippen molar-refractivity contribution in [1.29, 1.82) is 0 Å². The fraction of sp³-hybridized carbons (Fsp3) is 0.684. The van der Waals surface area contributed by atoms with Crippen molar-refractivity contribution in [2.45, 2.75) is 38.8 Å². The number of likely N-dealkylation sites (tertiary alicyclic amines) is 1. The van der Waals surface area contributed by atoms with Crippen LogP contribution in [0.2, 0.25) is 0 Å². The average Bonchev–Trinajstić information content (AvgIpc) is 3.22. The Balaban J connectivity index is 1.52. The predicted molar refractivity (Wildman–Crippen MR) is 102 cm³/mol. The summed E-state index contributed by atoms with van der Waals surface area (Å²) in [5, 5.41) is 7.90. The molecule has 0 saturated carbocycles. The van der Waals surface area contributed by atoms with Crippen LogP contribution < -0.4 is 0 Å². The van der Waals surface area contributed by atoms with Crippen LogP contribution in [0.3, 0.4) is 0 Å². The minimum atomic E-state index is 0.352. The first kappa shape index (κ1) is 17.7. The summed E-state index contributed by atoms with van der Waals surface area (Å²) < 4.78 is 4.15. The minimum absolute atomic E-state index is 0.352. The monoisotopic (exact) mass is 357 g/mol. The van der Waals surface area contributed by atoms with E-state index in [-0.39, 0.29) is 0 Å². The number of piperazine rings is 1. The van der Waals surface area contributed by atoms with Gasteiger partial charge in [-0.25, -0.2) is 4.68 Å². The van der Waals surface area contributed by atoms with Crippen LogP contribution in [0.15, 0.2) is 18.7 Å². The molecular weight excluding hydrogens is 326 g/mol. The standard InChI is InChI=1S/C19H31N7/c1-16-11-18(17(2)26(16)25-14-20-21-15-25)12-24-10-9-23(4)19(13-24)5-7-22(3)8-6-19/h11,14-15H,5-10,12-13H2,1-4H3. The molecule has 4 rings (SSSR count). The molecular formula is C19H31N7. The summed E-state index contributed by atoms with van der Waals surface area (Å²) in [6, 6.07) is 2.31. The van der Waals surface area contributed by atoms with Crippen molar-refractivity contribution >= 4 is 0 Å². The maximum atomic E-state index is 3.95. The zero-order chi connectivity index (χ0) is 18.3. The molecule has 2 saturated heterocycles. The molecule has 26 heavy (non-hydrogen) atoms. The van der Waals surface area contributed by atoms with Crippen LogP contribution >= 0.6 is 0 Å². The van der Waals surface area contributed by atoms with E-state index in [1.54, 1.807) is 12.7 Å². The molecule has 0 N–H and O–H groups in total. The van der Waals surface area contributed by atoms with Crippen LogP contribution in [0.5, 0.6) is 0 Å². The van der Waals surface area contributed by atoms with E-state index in [2.05, 4.69) is 63.6 Å². The molecule has 2 aliphatic heterocycles. The van der Waals surface area contributed by atoms with E-state index in [1.807, 2.05) is 4.68 Å². The van der Waals surface area contributed by atoms with Crippen LogP contribution in [0, 0.1) is 13.8 Å². The molecule has 7 heteroatoms. The molecule has 1 spiro atoms. The second-order valence-corrected chi connectivity index (χ2v) is 8.21. The summed E-state index contributed by atoms with van der Waals surface area (Å²) in [6.45, 7) is 11.3. The van der Waals surface area contributed by atoms with Crippen molar-refractivity contribution in [3.63, 3.8) is 0 Å². The predicted octanol–water partition coefficient (Wildman–Crippen LogP) is 1.22. The quantitative estimate of drug-likeness (QED) is 0.827. The van der Waals surface area contributed by atoms with E-state index in [9.17, 15) is 0 Å². The smallest absolute Gasteiger partial charge is 0.139 e. The minimum Gasteiger partial charge on any atom is -0.306 e. The molecule has 0 aromatic carbocycles. The molecule has 0 unspecified atom stereocenters. The first-order valence-electron chi connectivity index (χ1n) is 9.64. The highest BCUT2D eigenvalue weighted by atomic mass is 15.5. The van der Waals surface area contributed by atoms with Crippen molar-refractivity contribution in [3.8, 4) is 0 Å². The zero-order valence-electron chi connectivity index (χ0n) is 16.5. The molecule has 7 nitrogen and oxygen atoms in total. The van der Waals surface area contributed by atoms with Gasteiger partial charge in [0.15, 0.2) is 0 Å². The summed E-state index contributed by atoms with van der Waals surface area (Å²) in [7, 11) is 4.56. The summed E-state index contributed by atoms with van der Waals surface area (Å²) in [4.78, 5) is 7.74. The number of aryl methyl sites for hydroxylation is 1. The van der Waals surface area contributed by atoms with Gasteiger partial charge in [-0.1, -0.05) is 0 Å². The Kier molecular flexibility index (Phi) is 4.62. The summed E-state index contributed by atoms with van der Waals surface area (Å²) in [5.74, 6) is 0. The molecule has 142 valence electrons.